The van der Waals surface area contributed by atoms with Gasteiger partial charge in [-0.15, -0.1) is 0 Å². The van der Waals surface area contributed by atoms with E-state index in [1.165, 1.54) is 28.1 Å². The first kappa shape index (κ1) is 15.2. The van der Waals surface area contributed by atoms with E-state index in [2.05, 4.69) is 0 Å². The number of hydrogen-bond acceptors (Lipinski definition) is 7. The van der Waals surface area contributed by atoms with E-state index in [1.54, 1.807) is 0 Å². The first-order chi connectivity index (χ1) is 8.99. The molecule has 0 N–H and O–H groups in total. The largest absolute Gasteiger partial charge is 0.465 e. The normalized spacial score (nSPS) is 13.7. The summed E-state index contributed by atoms with van der Waals surface area (Å²) in [6.07, 6.45) is 0.827. The first-order valence-corrected chi connectivity index (χ1v) is 5.54. The Balaban J connectivity index is 2.70. The van der Waals surface area contributed by atoms with E-state index in [-0.39, 0.29) is 11.5 Å². The van der Waals surface area contributed by atoms with E-state index >= 15 is 0 Å². The van der Waals surface area contributed by atoms with Crippen molar-refractivity contribution < 1.29 is 33.0 Å². The minimum absolute atomic E-state index is 0.00514. The molecule has 7 heteroatoms. The van der Waals surface area contributed by atoms with Gasteiger partial charge in [-0.3, -0.25) is 0 Å². The highest BCUT2D eigenvalue weighted by atomic mass is 16.6. The second kappa shape index (κ2) is 6.91. The Bertz CT molecular complexity index is 399. The number of carbonyl (C=O) groups is 2. The van der Waals surface area contributed by atoms with E-state index in [0.717, 1.165) is 12.5 Å². The summed E-state index contributed by atoms with van der Waals surface area (Å²) in [5, 5.41) is 0. The molecule has 7 nitrogen and oxygen atoms in total. The van der Waals surface area contributed by atoms with Gasteiger partial charge in [-0.05, 0) is 13.8 Å². The molecule has 0 fully saturated rings. The SMILES string of the molecule is COC(C)C(=O)Oc1cocc1OC(=O)[C@@H](C)OC. The van der Waals surface area contributed by atoms with Crippen molar-refractivity contribution in [1.82, 2.24) is 0 Å². The fourth-order valence-corrected chi connectivity index (χ4v) is 0.998. The number of ether oxygens (including phenoxy) is 4. The number of hydrogen-bond donors (Lipinski definition) is 0. The lowest BCUT2D eigenvalue weighted by Crippen LogP contribution is -2.26. The molecule has 0 radical (unpaired) electrons. The third-order valence-corrected chi connectivity index (χ3v) is 2.39. The van der Waals surface area contributed by atoms with Gasteiger partial charge in [-0.2, -0.15) is 0 Å². The number of furan rings is 1. The van der Waals surface area contributed by atoms with Crippen LogP contribution in [-0.2, 0) is 19.1 Å². The number of esters is 2. The second-order valence-corrected chi connectivity index (χ2v) is 3.70. The topological polar surface area (TPSA) is 84.2 Å². The van der Waals surface area contributed by atoms with Gasteiger partial charge in [0.2, 0.25) is 11.5 Å². The Morgan fingerprint density at radius 3 is 1.63 bits per heavy atom. The maximum absolute atomic E-state index is 11.5. The van der Waals surface area contributed by atoms with Crippen molar-refractivity contribution in [2.75, 3.05) is 14.2 Å². The van der Waals surface area contributed by atoms with Crippen LogP contribution in [0.5, 0.6) is 11.5 Å². The molecule has 0 amide bonds. The summed E-state index contributed by atoms with van der Waals surface area (Å²) in [6.45, 7) is 3.06. The van der Waals surface area contributed by atoms with Crippen LogP contribution in [0.4, 0.5) is 0 Å². The monoisotopic (exact) mass is 272 g/mol. The maximum Gasteiger partial charge on any atom is 0.340 e. The van der Waals surface area contributed by atoms with Gasteiger partial charge >= 0.3 is 11.9 Å². The van der Waals surface area contributed by atoms with Gasteiger partial charge in [0.1, 0.15) is 12.5 Å². The molecule has 1 unspecified atom stereocenters. The van der Waals surface area contributed by atoms with E-state index < -0.39 is 24.1 Å². The molecule has 0 aliphatic heterocycles. The molecule has 2 atom stereocenters. The number of methoxy groups -OCH3 is 2. The van der Waals surface area contributed by atoms with Crippen LogP contribution in [0.25, 0.3) is 0 Å². The maximum atomic E-state index is 11.5. The molecule has 1 heterocycles. The lowest BCUT2D eigenvalue weighted by Gasteiger charge is -2.10. The van der Waals surface area contributed by atoms with Crippen LogP contribution in [0.2, 0.25) is 0 Å². The van der Waals surface area contributed by atoms with Crippen molar-refractivity contribution in [1.29, 1.82) is 0 Å². The molecule has 1 aromatic heterocycles. The summed E-state index contributed by atoms with van der Waals surface area (Å²) in [4.78, 5) is 23.0. The highest BCUT2D eigenvalue weighted by Gasteiger charge is 2.22. The van der Waals surface area contributed by atoms with Crippen LogP contribution < -0.4 is 9.47 Å². The minimum atomic E-state index is -0.739. The Labute approximate surface area is 110 Å². The van der Waals surface area contributed by atoms with Crippen molar-refractivity contribution in [3.05, 3.63) is 12.5 Å². The molecular weight excluding hydrogens is 256 g/mol. The molecule has 0 saturated carbocycles. The van der Waals surface area contributed by atoms with Gasteiger partial charge in [0.25, 0.3) is 0 Å². The van der Waals surface area contributed by atoms with Crippen molar-refractivity contribution in [2.24, 2.45) is 0 Å². The smallest absolute Gasteiger partial charge is 0.340 e. The summed E-state index contributed by atoms with van der Waals surface area (Å²) < 4.78 is 24.4. The van der Waals surface area contributed by atoms with Crippen LogP contribution in [0.3, 0.4) is 0 Å². The zero-order valence-corrected chi connectivity index (χ0v) is 11.2. The van der Waals surface area contributed by atoms with Gasteiger partial charge in [-0.25, -0.2) is 9.59 Å². The molecule has 106 valence electrons. The van der Waals surface area contributed by atoms with Crippen LogP contribution in [-0.4, -0.2) is 38.4 Å². The fourth-order valence-electron chi connectivity index (χ4n) is 0.998. The minimum Gasteiger partial charge on any atom is -0.465 e. The van der Waals surface area contributed by atoms with E-state index in [1.807, 2.05) is 0 Å². The predicted octanol–water partition coefficient (Wildman–Crippen LogP) is 1.16. The van der Waals surface area contributed by atoms with E-state index in [4.69, 9.17) is 23.4 Å². The Morgan fingerprint density at radius 2 is 1.32 bits per heavy atom. The molecule has 0 saturated heterocycles. The molecule has 0 spiro atoms. The Hall–Kier alpha value is -1.86. The van der Waals surface area contributed by atoms with E-state index in [9.17, 15) is 9.59 Å². The summed E-state index contributed by atoms with van der Waals surface area (Å²) >= 11 is 0. The molecule has 0 aromatic carbocycles. The van der Waals surface area contributed by atoms with Crippen molar-refractivity contribution in [3.63, 3.8) is 0 Å². The Kier molecular flexibility index (Phi) is 5.53. The van der Waals surface area contributed by atoms with Crippen LogP contribution >= 0.6 is 0 Å². The highest BCUT2D eigenvalue weighted by Crippen LogP contribution is 2.29. The van der Waals surface area contributed by atoms with Crippen LogP contribution in [0.15, 0.2) is 16.9 Å². The lowest BCUT2D eigenvalue weighted by molar-refractivity contribution is -0.147. The summed E-state index contributed by atoms with van der Waals surface area (Å²) in [5.41, 5.74) is 0. The van der Waals surface area contributed by atoms with Gasteiger partial charge < -0.3 is 23.4 Å². The lowest BCUT2D eigenvalue weighted by atomic mass is 10.4. The van der Waals surface area contributed by atoms with Gasteiger partial charge in [0.15, 0.2) is 12.2 Å². The van der Waals surface area contributed by atoms with E-state index in [0.29, 0.717) is 0 Å². The molecule has 1 aromatic rings. The van der Waals surface area contributed by atoms with Crippen molar-refractivity contribution in [2.45, 2.75) is 26.1 Å². The van der Waals surface area contributed by atoms with Crippen molar-refractivity contribution in [3.8, 4) is 11.5 Å². The van der Waals surface area contributed by atoms with Gasteiger partial charge in [0, 0.05) is 14.2 Å². The summed E-state index contributed by atoms with van der Waals surface area (Å²) in [7, 11) is 2.75. The predicted molar refractivity (Wildman–Crippen MR) is 62.9 cm³/mol. The quantitative estimate of drug-likeness (QED) is 0.718. The molecule has 0 aliphatic rings. The molecule has 19 heavy (non-hydrogen) atoms. The third-order valence-electron chi connectivity index (χ3n) is 2.39. The van der Waals surface area contributed by atoms with Crippen molar-refractivity contribution >= 4 is 11.9 Å². The zero-order valence-electron chi connectivity index (χ0n) is 11.2. The Morgan fingerprint density at radius 1 is 0.947 bits per heavy atom. The number of carbonyl (C=O) groups excluding carboxylic acids is 2. The highest BCUT2D eigenvalue weighted by molar-refractivity contribution is 5.79. The summed E-state index contributed by atoms with van der Waals surface area (Å²) in [5.74, 6) is -1.24. The number of rotatable bonds is 6. The molecule has 0 aliphatic carbocycles. The second-order valence-electron chi connectivity index (χ2n) is 3.70. The van der Waals surface area contributed by atoms with Gasteiger partial charge in [0.05, 0.1) is 0 Å². The van der Waals surface area contributed by atoms with Gasteiger partial charge in [-0.1, -0.05) is 0 Å². The van der Waals surface area contributed by atoms with Crippen LogP contribution in [0, 0.1) is 0 Å². The first-order valence-electron chi connectivity index (χ1n) is 5.54. The molecular formula is C12H16O7. The summed E-state index contributed by atoms with van der Waals surface area (Å²) in [6, 6.07) is 0. The third kappa shape index (κ3) is 4.08. The zero-order chi connectivity index (χ0) is 14.4. The van der Waals surface area contributed by atoms with Crippen LogP contribution in [0.1, 0.15) is 13.8 Å². The fraction of sp³-hybridized carbons (Fsp3) is 0.500. The average Bonchev–Trinajstić information content (AvgIpc) is 2.83. The molecule has 0 bridgehead atoms. The molecule has 1 rings (SSSR count). The average molecular weight is 272 g/mol. The standard InChI is InChI=1S/C12H16O7/c1-7(15-3)11(13)18-9-5-17-6-10(9)19-12(14)8(2)16-4/h5-8H,1-4H3/t7-,8?/m1/s1.